The molecule has 0 amide bonds. The summed E-state index contributed by atoms with van der Waals surface area (Å²) in [5.74, 6) is -0.157. The van der Waals surface area contributed by atoms with Crippen LogP contribution in [-0.2, 0) is 16.1 Å². The zero-order valence-electron chi connectivity index (χ0n) is 15.6. The molecule has 0 N–H and O–H groups in total. The summed E-state index contributed by atoms with van der Waals surface area (Å²) in [5, 5.41) is 11.2. The molecule has 0 atom stereocenters. The molecule has 8 heteroatoms. The highest BCUT2D eigenvalue weighted by Gasteiger charge is 2.20. The fourth-order valence-corrected chi connectivity index (χ4v) is 3.00. The van der Waals surface area contributed by atoms with Crippen LogP contribution in [0.3, 0.4) is 0 Å². The second-order valence-electron chi connectivity index (χ2n) is 6.11. The van der Waals surface area contributed by atoms with Crippen molar-refractivity contribution in [2.24, 2.45) is 0 Å². The minimum atomic E-state index is -0.569. The van der Waals surface area contributed by atoms with Gasteiger partial charge in [-0.1, -0.05) is 48.0 Å². The molecule has 7 nitrogen and oxygen atoms in total. The molecule has 0 fully saturated rings. The lowest BCUT2D eigenvalue weighted by atomic mass is 10.1. The number of hydrogen-bond acceptors (Lipinski definition) is 5. The van der Waals surface area contributed by atoms with Crippen molar-refractivity contribution in [3.8, 4) is 0 Å². The van der Waals surface area contributed by atoms with Crippen LogP contribution in [0.25, 0.3) is 11.6 Å². The molecule has 0 aliphatic heterocycles. The standard InChI is InChI=1S/C21H18ClN3O4/c1-2-29-21(26)17(12-16-8-9-18(22)19(13-16)25(27)28)20-23-10-11-24(20)14-15-6-4-3-5-7-15/h3-13H,2,14H2,1H3/b17-12+. The summed E-state index contributed by atoms with van der Waals surface area (Å²) >= 11 is 5.88. The molecular formula is C21H18ClN3O4. The first-order valence-corrected chi connectivity index (χ1v) is 9.25. The number of carbonyl (C=O) groups is 1. The Balaban J connectivity index is 2.05. The molecule has 3 aromatic rings. The normalized spacial score (nSPS) is 11.3. The van der Waals surface area contributed by atoms with E-state index in [-0.39, 0.29) is 22.9 Å². The lowest BCUT2D eigenvalue weighted by molar-refractivity contribution is -0.384. The quantitative estimate of drug-likeness (QED) is 0.245. The number of imidazole rings is 1. The van der Waals surface area contributed by atoms with E-state index in [1.807, 2.05) is 34.9 Å². The molecule has 0 aliphatic rings. The fourth-order valence-electron chi connectivity index (χ4n) is 2.81. The molecule has 29 heavy (non-hydrogen) atoms. The average Bonchev–Trinajstić information content (AvgIpc) is 3.15. The highest BCUT2D eigenvalue weighted by atomic mass is 35.5. The van der Waals surface area contributed by atoms with E-state index in [0.717, 1.165) is 5.56 Å². The highest BCUT2D eigenvalue weighted by Crippen LogP contribution is 2.27. The van der Waals surface area contributed by atoms with Crippen molar-refractivity contribution in [1.29, 1.82) is 0 Å². The number of aromatic nitrogens is 2. The number of nitro benzene ring substituents is 1. The van der Waals surface area contributed by atoms with Gasteiger partial charge in [0.05, 0.1) is 11.5 Å². The van der Waals surface area contributed by atoms with Gasteiger partial charge in [0, 0.05) is 25.0 Å². The molecule has 0 spiro atoms. The van der Waals surface area contributed by atoms with Gasteiger partial charge >= 0.3 is 5.97 Å². The van der Waals surface area contributed by atoms with E-state index in [2.05, 4.69) is 4.98 Å². The summed E-state index contributed by atoms with van der Waals surface area (Å²) in [4.78, 5) is 27.6. The summed E-state index contributed by atoms with van der Waals surface area (Å²) in [5.41, 5.74) is 1.44. The van der Waals surface area contributed by atoms with E-state index in [1.165, 1.54) is 18.2 Å². The van der Waals surface area contributed by atoms with Crippen LogP contribution in [-0.4, -0.2) is 27.1 Å². The summed E-state index contributed by atoms with van der Waals surface area (Å²) < 4.78 is 7.01. The Morgan fingerprint density at radius 1 is 1.28 bits per heavy atom. The van der Waals surface area contributed by atoms with Crippen LogP contribution in [0.1, 0.15) is 23.9 Å². The van der Waals surface area contributed by atoms with Crippen molar-refractivity contribution in [3.63, 3.8) is 0 Å². The molecule has 0 saturated carbocycles. The van der Waals surface area contributed by atoms with Crippen LogP contribution in [0.2, 0.25) is 5.02 Å². The van der Waals surface area contributed by atoms with E-state index >= 15 is 0 Å². The van der Waals surface area contributed by atoms with Crippen LogP contribution in [0.15, 0.2) is 60.9 Å². The van der Waals surface area contributed by atoms with Crippen molar-refractivity contribution in [2.75, 3.05) is 6.61 Å². The predicted octanol–water partition coefficient (Wildman–Crippen LogP) is 4.60. The maximum absolute atomic E-state index is 12.6. The zero-order chi connectivity index (χ0) is 20.8. The summed E-state index contributed by atoms with van der Waals surface area (Å²) in [7, 11) is 0. The van der Waals surface area contributed by atoms with Crippen LogP contribution in [0.4, 0.5) is 5.69 Å². The van der Waals surface area contributed by atoms with E-state index in [9.17, 15) is 14.9 Å². The summed E-state index contributed by atoms with van der Waals surface area (Å²) in [6, 6.07) is 14.1. The van der Waals surface area contributed by atoms with E-state index < -0.39 is 10.9 Å². The number of nitrogens with zero attached hydrogens (tertiary/aromatic N) is 3. The topological polar surface area (TPSA) is 87.3 Å². The number of hydrogen-bond donors (Lipinski definition) is 0. The number of carbonyl (C=O) groups excluding carboxylic acids is 1. The second kappa shape index (κ2) is 9.16. The van der Waals surface area contributed by atoms with Crippen LogP contribution < -0.4 is 0 Å². The first-order chi connectivity index (χ1) is 14.0. The van der Waals surface area contributed by atoms with Crippen molar-refractivity contribution in [1.82, 2.24) is 9.55 Å². The molecule has 0 unspecified atom stereocenters. The van der Waals surface area contributed by atoms with Gasteiger partial charge in [-0.25, -0.2) is 9.78 Å². The van der Waals surface area contributed by atoms with Crippen molar-refractivity contribution >= 4 is 34.9 Å². The number of halogens is 1. The smallest absolute Gasteiger partial charge is 0.341 e. The minimum absolute atomic E-state index is 0.0235. The maximum Gasteiger partial charge on any atom is 0.341 e. The van der Waals surface area contributed by atoms with Gasteiger partial charge in [-0.05, 0) is 30.2 Å². The Hall–Kier alpha value is -3.45. The molecule has 148 valence electrons. The molecule has 1 heterocycles. The summed E-state index contributed by atoms with van der Waals surface area (Å²) in [6.07, 6.45) is 4.88. The summed E-state index contributed by atoms with van der Waals surface area (Å²) in [6.45, 7) is 2.41. The maximum atomic E-state index is 12.6. The lowest BCUT2D eigenvalue weighted by Crippen LogP contribution is -2.12. The first kappa shape index (κ1) is 20.3. The number of nitro groups is 1. The average molecular weight is 412 g/mol. The third kappa shape index (κ3) is 4.89. The van der Waals surface area contributed by atoms with Gasteiger partial charge in [0.1, 0.15) is 16.4 Å². The second-order valence-corrected chi connectivity index (χ2v) is 6.52. The lowest BCUT2D eigenvalue weighted by Gasteiger charge is -2.11. The van der Waals surface area contributed by atoms with Gasteiger partial charge in [-0.3, -0.25) is 10.1 Å². The van der Waals surface area contributed by atoms with Gasteiger partial charge in [0.25, 0.3) is 5.69 Å². The largest absolute Gasteiger partial charge is 0.462 e. The predicted molar refractivity (Wildman–Crippen MR) is 110 cm³/mol. The molecule has 1 aromatic heterocycles. The highest BCUT2D eigenvalue weighted by molar-refractivity contribution is 6.32. The SMILES string of the molecule is CCOC(=O)/C(=C/c1ccc(Cl)c([N+](=O)[O-])c1)c1nccn1Cc1ccccc1. The first-order valence-electron chi connectivity index (χ1n) is 8.87. The Morgan fingerprint density at radius 2 is 2.03 bits per heavy atom. The van der Waals surface area contributed by atoms with Gasteiger partial charge in [-0.15, -0.1) is 0 Å². The van der Waals surface area contributed by atoms with Gasteiger partial charge < -0.3 is 9.30 Å². The number of rotatable bonds is 7. The number of esters is 1. The molecule has 0 aliphatic carbocycles. The Morgan fingerprint density at radius 3 is 2.72 bits per heavy atom. The van der Waals surface area contributed by atoms with Crippen LogP contribution >= 0.6 is 11.6 Å². The zero-order valence-corrected chi connectivity index (χ0v) is 16.4. The van der Waals surface area contributed by atoms with Crippen molar-refractivity contribution in [3.05, 3.63) is 93.0 Å². The monoisotopic (exact) mass is 411 g/mol. The fraction of sp³-hybridized carbons (Fsp3) is 0.143. The van der Waals surface area contributed by atoms with E-state index in [0.29, 0.717) is 17.9 Å². The Bertz CT molecular complexity index is 1060. The molecule has 3 rings (SSSR count). The molecule has 0 bridgehead atoms. The minimum Gasteiger partial charge on any atom is -0.462 e. The van der Waals surface area contributed by atoms with E-state index in [4.69, 9.17) is 16.3 Å². The third-order valence-corrected chi connectivity index (χ3v) is 4.44. The Labute approximate surface area is 172 Å². The number of benzene rings is 2. The number of ether oxygens (including phenoxy) is 1. The van der Waals surface area contributed by atoms with Crippen molar-refractivity contribution < 1.29 is 14.5 Å². The van der Waals surface area contributed by atoms with E-state index in [1.54, 1.807) is 25.4 Å². The van der Waals surface area contributed by atoms with Gasteiger partial charge in [0.15, 0.2) is 0 Å². The third-order valence-electron chi connectivity index (χ3n) is 4.13. The van der Waals surface area contributed by atoms with Gasteiger partial charge in [-0.2, -0.15) is 0 Å². The van der Waals surface area contributed by atoms with Crippen LogP contribution in [0.5, 0.6) is 0 Å². The molecule has 2 aromatic carbocycles. The Kier molecular flexibility index (Phi) is 6.41. The van der Waals surface area contributed by atoms with Crippen LogP contribution in [0, 0.1) is 10.1 Å². The van der Waals surface area contributed by atoms with Crippen molar-refractivity contribution in [2.45, 2.75) is 13.5 Å². The molecular weight excluding hydrogens is 394 g/mol. The molecule has 0 saturated heterocycles. The van der Waals surface area contributed by atoms with Gasteiger partial charge in [0.2, 0.25) is 0 Å². The molecule has 0 radical (unpaired) electrons.